The molecule has 0 aliphatic carbocycles. The van der Waals surface area contributed by atoms with Gasteiger partial charge < -0.3 is 10.0 Å². The number of nitrogens with zero attached hydrogens (tertiary/aromatic N) is 1. The van der Waals surface area contributed by atoms with Gasteiger partial charge in [-0.1, -0.05) is 24.3 Å². The van der Waals surface area contributed by atoms with Crippen LogP contribution in [0.1, 0.15) is 29.5 Å². The van der Waals surface area contributed by atoms with Crippen molar-refractivity contribution in [3.63, 3.8) is 0 Å². The number of aliphatic hydroxyl groups excluding tert-OH is 1. The van der Waals surface area contributed by atoms with Crippen molar-refractivity contribution in [1.29, 1.82) is 0 Å². The Bertz CT molecular complexity index is 772. The molecule has 0 radical (unpaired) electrons. The Morgan fingerprint density at radius 2 is 1.64 bits per heavy atom. The third-order valence-corrected chi connectivity index (χ3v) is 4.28. The minimum Gasteiger partial charge on any atom is -0.384 e. The number of alkyl halides is 6. The SMILES string of the molecule is Cc1cccc(N(CCCC(O)C(F)(F)F)Cc2cccc(C(F)(F)F)c2)c1. The zero-order valence-electron chi connectivity index (χ0n) is 15.2. The van der Waals surface area contributed by atoms with Crippen LogP contribution >= 0.6 is 0 Å². The lowest BCUT2D eigenvalue weighted by molar-refractivity contribution is -0.205. The van der Waals surface area contributed by atoms with E-state index in [1.807, 2.05) is 19.1 Å². The summed E-state index contributed by atoms with van der Waals surface area (Å²) in [5, 5.41) is 9.16. The number of hydrogen-bond acceptors (Lipinski definition) is 2. The molecule has 0 saturated heterocycles. The standard InChI is InChI=1S/C20H21F6NO/c1-14-5-2-8-17(11-14)27(10-4-9-18(28)20(24,25)26)13-15-6-3-7-16(12-15)19(21,22)23/h2-3,5-8,11-12,18,28H,4,9-10,13H2,1H3. The molecule has 2 nitrogen and oxygen atoms in total. The van der Waals surface area contributed by atoms with Gasteiger partial charge in [-0.2, -0.15) is 26.3 Å². The van der Waals surface area contributed by atoms with Crippen LogP contribution in [0, 0.1) is 6.92 Å². The van der Waals surface area contributed by atoms with Gasteiger partial charge in [0.1, 0.15) is 6.10 Å². The topological polar surface area (TPSA) is 23.5 Å². The van der Waals surface area contributed by atoms with Gasteiger partial charge in [0.05, 0.1) is 5.56 Å². The second-order valence-electron chi connectivity index (χ2n) is 6.66. The van der Waals surface area contributed by atoms with Gasteiger partial charge >= 0.3 is 12.4 Å². The van der Waals surface area contributed by atoms with E-state index in [4.69, 9.17) is 5.11 Å². The van der Waals surface area contributed by atoms with E-state index in [1.54, 1.807) is 23.1 Å². The minimum absolute atomic E-state index is 0.0353. The zero-order chi connectivity index (χ0) is 20.9. The van der Waals surface area contributed by atoms with Gasteiger partial charge in [0.2, 0.25) is 0 Å². The molecule has 28 heavy (non-hydrogen) atoms. The average molecular weight is 405 g/mol. The Balaban J connectivity index is 2.17. The lowest BCUT2D eigenvalue weighted by Gasteiger charge is -2.26. The second kappa shape index (κ2) is 8.86. The van der Waals surface area contributed by atoms with E-state index in [-0.39, 0.29) is 19.5 Å². The summed E-state index contributed by atoms with van der Waals surface area (Å²) in [7, 11) is 0. The summed E-state index contributed by atoms with van der Waals surface area (Å²) in [6.45, 7) is 2.11. The summed E-state index contributed by atoms with van der Waals surface area (Å²) in [4.78, 5) is 1.71. The highest BCUT2D eigenvalue weighted by Gasteiger charge is 2.37. The molecule has 2 rings (SSSR count). The number of benzene rings is 2. The average Bonchev–Trinajstić information content (AvgIpc) is 2.59. The quantitative estimate of drug-likeness (QED) is 0.596. The molecule has 2 aromatic rings. The molecule has 0 aliphatic heterocycles. The van der Waals surface area contributed by atoms with Crippen LogP contribution < -0.4 is 4.90 Å². The smallest absolute Gasteiger partial charge is 0.384 e. The number of aryl methyl sites for hydroxylation is 1. The van der Waals surface area contributed by atoms with E-state index >= 15 is 0 Å². The lowest BCUT2D eigenvalue weighted by atomic mass is 10.1. The van der Waals surface area contributed by atoms with Crippen molar-refractivity contribution in [2.45, 2.75) is 44.8 Å². The van der Waals surface area contributed by atoms with Crippen molar-refractivity contribution < 1.29 is 31.4 Å². The minimum atomic E-state index is -4.69. The molecule has 0 spiro atoms. The van der Waals surface area contributed by atoms with Crippen LogP contribution in [0.25, 0.3) is 0 Å². The Labute approximate surface area is 159 Å². The van der Waals surface area contributed by atoms with Crippen molar-refractivity contribution in [2.24, 2.45) is 0 Å². The molecular formula is C20H21F6NO. The van der Waals surface area contributed by atoms with Crippen molar-refractivity contribution in [3.05, 3.63) is 65.2 Å². The highest BCUT2D eigenvalue weighted by molar-refractivity contribution is 5.49. The first-order valence-electron chi connectivity index (χ1n) is 8.69. The van der Waals surface area contributed by atoms with Gasteiger partial charge in [-0.15, -0.1) is 0 Å². The normalized spacial score (nSPS) is 13.4. The van der Waals surface area contributed by atoms with Crippen LogP contribution in [0.4, 0.5) is 32.0 Å². The third kappa shape index (κ3) is 6.44. The predicted molar refractivity (Wildman–Crippen MR) is 95.0 cm³/mol. The van der Waals surface area contributed by atoms with Crippen LogP contribution in [-0.4, -0.2) is 23.9 Å². The largest absolute Gasteiger partial charge is 0.416 e. The first-order valence-corrected chi connectivity index (χ1v) is 8.69. The van der Waals surface area contributed by atoms with Gasteiger partial charge in [0.25, 0.3) is 0 Å². The van der Waals surface area contributed by atoms with Crippen molar-refractivity contribution in [1.82, 2.24) is 0 Å². The van der Waals surface area contributed by atoms with Crippen LogP contribution in [0.3, 0.4) is 0 Å². The first-order chi connectivity index (χ1) is 13.0. The van der Waals surface area contributed by atoms with Gasteiger partial charge in [0, 0.05) is 18.8 Å². The summed E-state index contributed by atoms with van der Waals surface area (Å²) in [6, 6.07) is 12.0. The van der Waals surface area contributed by atoms with E-state index in [9.17, 15) is 26.3 Å². The molecule has 0 amide bonds. The van der Waals surface area contributed by atoms with Crippen LogP contribution in [-0.2, 0) is 12.7 Å². The number of aliphatic hydroxyl groups is 1. The van der Waals surface area contributed by atoms with Gasteiger partial charge in [-0.3, -0.25) is 0 Å². The molecule has 1 atom stereocenters. The summed E-state index contributed by atoms with van der Waals surface area (Å²) in [6.07, 6.45) is -12.0. The van der Waals surface area contributed by atoms with Crippen molar-refractivity contribution in [2.75, 3.05) is 11.4 Å². The molecule has 1 N–H and O–H groups in total. The Hall–Kier alpha value is -2.22. The van der Waals surface area contributed by atoms with E-state index in [0.29, 0.717) is 11.3 Å². The fraction of sp³-hybridized carbons (Fsp3) is 0.400. The second-order valence-corrected chi connectivity index (χ2v) is 6.66. The van der Waals surface area contributed by atoms with Gasteiger partial charge in [0.15, 0.2) is 0 Å². The van der Waals surface area contributed by atoms with Crippen LogP contribution in [0.5, 0.6) is 0 Å². The molecule has 0 fully saturated rings. The third-order valence-electron chi connectivity index (χ3n) is 4.28. The predicted octanol–water partition coefficient (Wildman–Crippen LogP) is 5.72. The van der Waals surface area contributed by atoms with E-state index < -0.39 is 30.4 Å². The molecule has 1 unspecified atom stereocenters. The molecule has 0 heterocycles. The number of hydrogen-bond donors (Lipinski definition) is 1. The molecule has 0 aliphatic rings. The fourth-order valence-electron chi connectivity index (χ4n) is 2.83. The molecule has 2 aromatic carbocycles. The van der Waals surface area contributed by atoms with E-state index in [2.05, 4.69) is 0 Å². The van der Waals surface area contributed by atoms with E-state index in [1.165, 1.54) is 6.07 Å². The molecule has 8 heteroatoms. The summed E-state index contributed by atoms with van der Waals surface area (Å²) < 4.78 is 76.3. The number of anilines is 1. The molecule has 0 aromatic heterocycles. The molecular weight excluding hydrogens is 384 g/mol. The fourth-order valence-corrected chi connectivity index (χ4v) is 2.83. The molecule has 0 bridgehead atoms. The summed E-state index contributed by atoms with van der Waals surface area (Å²) in [5.74, 6) is 0. The Morgan fingerprint density at radius 3 is 2.25 bits per heavy atom. The summed E-state index contributed by atoms with van der Waals surface area (Å²) >= 11 is 0. The molecule has 0 saturated carbocycles. The summed E-state index contributed by atoms with van der Waals surface area (Å²) in [5.41, 5.74) is 1.23. The Kier molecular flexibility index (Phi) is 6.98. The molecule has 154 valence electrons. The maximum absolute atomic E-state index is 12.9. The zero-order valence-corrected chi connectivity index (χ0v) is 15.2. The maximum atomic E-state index is 12.9. The monoisotopic (exact) mass is 405 g/mol. The van der Waals surface area contributed by atoms with Gasteiger partial charge in [-0.25, -0.2) is 0 Å². The van der Waals surface area contributed by atoms with Crippen LogP contribution in [0.2, 0.25) is 0 Å². The highest BCUT2D eigenvalue weighted by Crippen LogP contribution is 2.30. The Morgan fingerprint density at radius 1 is 0.964 bits per heavy atom. The number of halogens is 6. The lowest BCUT2D eigenvalue weighted by Crippen LogP contribution is -2.30. The first kappa shape index (κ1) is 22.1. The maximum Gasteiger partial charge on any atom is 0.416 e. The van der Waals surface area contributed by atoms with Crippen molar-refractivity contribution >= 4 is 5.69 Å². The highest BCUT2D eigenvalue weighted by atomic mass is 19.4. The van der Waals surface area contributed by atoms with Crippen molar-refractivity contribution in [3.8, 4) is 0 Å². The van der Waals surface area contributed by atoms with Crippen LogP contribution in [0.15, 0.2) is 48.5 Å². The van der Waals surface area contributed by atoms with Gasteiger partial charge in [-0.05, 0) is 55.2 Å². The number of rotatable bonds is 7. The van der Waals surface area contributed by atoms with E-state index in [0.717, 1.165) is 17.7 Å².